The molecule has 0 saturated carbocycles. The summed E-state index contributed by atoms with van der Waals surface area (Å²) >= 11 is 0. The van der Waals surface area contributed by atoms with Crippen LogP contribution in [0.2, 0.25) is 0 Å². The molecule has 1 aliphatic rings. The number of ether oxygens (including phenoxy) is 1. The SMILES string of the molecule is COCC(C)(C)Nc1cc(N2CCN(C)CC2)ccc1C(=O)Nc1n[nH]c2ccc(S(=O)(=O)c3cccc(F)c3)cc12. The average Bonchev–Trinajstić information content (AvgIpc) is 3.35. The Bertz CT molecular complexity index is 1710. The Balaban J connectivity index is 1.47. The molecule has 12 heteroatoms. The molecule has 1 amide bonds. The Labute approximate surface area is 244 Å². The summed E-state index contributed by atoms with van der Waals surface area (Å²) in [5.74, 6) is -0.885. The molecular formula is C30H35FN6O4S. The third-order valence-corrected chi connectivity index (χ3v) is 9.03. The van der Waals surface area contributed by atoms with Crippen LogP contribution in [0.4, 0.5) is 21.6 Å². The number of methoxy groups -OCH3 is 1. The van der Waals surface area contributed by atoms with E-state index in [4.69, 9.17) is 4.74 Å². The molecule has 4 aromatic rings. The van der Waals surface area contributed by atoms with Crippen LogP contribution >= 0.6 is 0 Å². The highest BCUT2D eigenvalue weighted by molar-refractivity contribution is 7.91. The van der Waals surface area contributed by atoms with Crippen molar-refractivity contribution < 1.29 is 22.3 Å². The van der Waals surface area contributed by atoms with Gasteiger partial charge < -0.3 is 25.2 Å². The summed E-state index contributed by atoms with van der Waals surface area (Å²) in [5.41, 5.74) is 2.11. The van der Waals surface area contributed by atoms with E-state index in [1.54, 1.807) is 19.2 Å². The molecule has 0 bridgehead atoms. The molecule has 222 valence electrons. The number of benzene rings is 3. The second-order valence-electron chi connectivity index (χ2n) is 11.2. The molecule has 0 radical (unpaired) electrons. The summed E-state index contributed by atoms with van der Waals surface area (Å²) in [6, 6.07) is 14.9. The third-order valence-electron chi connectivity index (χ3n) is 7.28. The summed E-state index contributed by atoms with van der Waals surface area (Å²) in [7, 11) is -0.275. The van der Waals surface area contributed by atoms with Gasteiger partial charge in [-0.05, 0) is 75.5 Å². The number of nitrogens with zero attached hydrogens (tertiary/aromatic N) is 3. The van der Waals surface area contributed by atoms with Gasteiger partial charge in [0.25, 0.3) is 5.91 Å². The van der Waals surface area contributed by atoms with Gasteiger partial charge in [-0.3, -0.25) is 9.89 Å². The number of rotatable bonds is 9. The molecular weight excluding hydrogens is 559 g/mol. The van der Waals surface area contributed by atoms with E-state index in [1.807, 2.05) is 26.0 Å². The fourth-order valence-electron chi connectivity index (χ4n) is 5.06. The zero-order valence-electron chi connectivity index (χ0n) is 24.1. The second-order valence-corrected chi connectivity index (χ2v) is 13.1. The van der Waals surface area contributed by atoms with Gasteiger partial charge in [-0.15, -0.1) is 0 Å². The van der Waals surface area contributed by atoms with E-state index in [0.717, 1.165) is 37.9 Å². The molecule has 1 fully saturated rings. The van der Waals surface area contributed by atoms with Crippen molar-refractivity contribution in [2.45, 2.75) is 29.2 Å². The number of H-pyrrole nitrogens is 1. The molecule has 0 aliphatic carbocycles. The van der Waals surface area contributed by atoms with Crippen molar-refractivity contribution in [2.75, 3.05) is 62.5 Å². The number of hydrogen-bond donors (Lipinski definition) is 3. The molecule has 0 spiro atoms. The van der Waals surface area contributed by atoms with Crippen LogP contribution in [0.25, 0.3) is 10.9 Å². The Hall–Kier alpha value is -4.00. The number of carbonyl (C=O) groups excluding carboxylic acids is 1. The van der Waals surface area contributed by atoms with E-state index in [2.05, 4.69) is 37.7 Å². The molecule has 2 heterocycles. The molecule has 42 heavy (non-hydrogen) atoms. The van der Waals surface area contributed by atoms with Crippen molar-refractivity contribution in [3.63, 3.8) is 0 Å². The number of sulfone groups is 1. The predicted molar refractivity (Wildman–Crippen MR) is 162 cm³/mol. The number of aromatic amines is 1. The summed E-state index contributed by atoms with van der Waals surface area (Å²) in [6.07, 6.45) is 0. The molecule has 5 rings (SSSR count). The summed E-state index contributed by atoms with van der Waals surface area (Å²) in [5, 5.41) is 13.8. The van der Waals surface area contributed by atoms with Gasteiger partial charge in [0.15, 0.2) is 5.82 Å². The van der Waals surface area contributed by atoms with Gasteiger partial charge in [0.05, 0.1) is 33.0 Å². The van der Waals surface area contributed by atoms with E-state index < -0.39 is 27.1 Å². The fraction of sp³-hybridized carbons (Fsp3) is 0.333. The van der Waals surface area contributed by atoms with Gasteiger partial charge in [0, 0.05) is 50.0 Å². The Morgan fingerprint density at radius 2 is 1.79 bits per heavy atom. The van der Waals surface area contributed by atoms with Crippen LogP contribution in [0.15, 0.2) is 70.5 Å². The van der Waals surface area contributed by atoms with E-state index in [1.165, 1.54) is 30.3 Å². The van der Waals surface area contributed by atoms with Crippen molar-refractivity contribution in [2.24, 2.45) is 0 Å². The number of halogens is 1. The number of hydrogen-bond acceptors (Lipinski definition) is 8. The van der Waals surface area contributed by atoms with Crippen molar-refractivity contribution in [3.8, 4) is 0 Å². The third kappa shape index (κ3) is 6.25. The topological polar surface area (TPSA) is 120 Å². The minimum atomic E-state index is -4.00. The second kappa shape index (κ2) is 11.7. The largest absolute Gasteiger partial charge is 0.382 e. The molecule has 3 aromatic carbocycles. The molecule has 0 unspecified atom stereocenters. The standard InChI is InChI=1S/C30H35FN6O4S/c1-30(2,19-41-4)33-27-17-21(37-14-12-36(3)13-15-37)8-10-24(27)29(38)32-28-25-18-23(9-11-26(25)34-35-28)42(39,40)22-7-5-6-20(31)16-22/h5-11,16-18,33H,12-15,19H2,1-4H3,(H2,32,34,35,38). The van der Waals surface area contributed by atoms with Crippen LogP contribution in [0.5, 0.6) is 0 Å². The molecule has 1 aliphatic heterocycles. The first kappa shape index (κ1) is 29.5. The van der Waals surface area contributed by atoms with Crippen LogP contribution < -0.4 is 15.5 Å². The van der Waals surface area contributed by atoms with Gasteiger partial charge >= 0.3 is 0 Å². The number of anilines is 3. The van der Waals surface area contributed by atoms with Crippen LogP contribution in [-0.2, 0) is 14.6 Å². The van der Waals surface area contributed by atoms with E-state index >= 15 is 0 Å². The number of fused-ring (bicyclic) bond motifs is 1. The van der Waals surface area contributed by atoms with E-state index in [0.29, 0.717) is 28.8 Å². The Morgan fingerprint density at radius 1 is 1.05 bits per heavy atom. The number of likely N-dealkylation sites (N-methyl/N-ethyl adjacent to an activating group) is 1. The number of amides is 1. The van der Waals surface area contributed by atoms with Crippen LogP contribution in [0.1, 0.15) is 24.2 Å². The van der Waals surface area contributed by atoms with E-state index in [-0.39, 0.29) is 15.6 Å². The maximum absolute atomic E-state index is 13.8. The molecule has 3 N–H and O–H groups in total. The summed E-state index contributed by atoms with van der Waals surface area (Å²) in [4.78, 5) is 18.0. The average molecular weight is 595 g/mol. The lowest BCUT2D eigenvalue weighted by Crippen LogP contribution is -2.44. The van der Waals surface area contributed by atoms with Crippen molar-refractivity contribution in [1.29, 1.82) is 0 Å². The molecule has 1 aromatic heterocycles. The highest BCUT2D eigenvalue weighted by atomic mass is 32.2. The van der Waals surface area contributed by atoms with Gasteiger partial charge in [0.1, 0.15) is 5.82 Å². The highest BCUT2D eigenvalue weighted by Crippen LogP contribution is 2.31. The van der Waals surface area contributed by atoms with Gasteiger partial charge in [-0.1, -0.05) is 6.07 Å². The zero-order valence-corrected chi connectivity index (χ0v) is 24.9. The summed E-state index contributed by atoms with van der Waals surface area (Å²) in [6.45, 7) is 8.04. The first-order chi connectivity index (χ1) is 20.0. The molecule has 1 saturated heterocycles. The lowest BCUT2D eigenvalue weighted by atomic mass is 10.0. The monoisotopic (exact) mass is 594 g/mol. The molecule has 10 nitrogen and oxygen atoms in total. The number of carbonyl (C=O) groups is 1. The van der Waals surface area contributed by atoms with Gasteiger partial charge in [0.2, 0.25) is 9.84 Å². The number of nitrogens with one attached hydrogen (secondary N) is 3. The van der Waals surface area contributed by atoms with Gasteiger partial charge in [-0.25, -0.2) is 12.8 Å². The number of piperazine rings is 1. The quantitative estimate of drug-likeness (QED) is 0.261. The smallest absolute Gasteiger partial charge is 0.258 e. The lowest BCUT2D eigenvalue weighted by molar-refractivity contribution is 0.102. The minimum absolute atomic E-state index is 0.0438. The maximum atomic E-state index is 13.8. The molecule has 0 atom stereocenters. The van der Waals surface area contributed by atoms with Crippen LogP contribution in [0, 0.1) is 5.82 Å². The van der Waals surface area contributed by atoms with E-state index in [9.17, 15) is 17.6 Å². The number of aromatic nitrogens is 2. The first-order valence-electron chi connectivity index (χ1n) is 13.6. The predicted octanol–water partition coefficient (Wildman–Crippen LogP) is 4.38. The van der Waals surface area contributed by atoms with Crippen molar-refractivity contribution >= 4 is 43.8 Å². The van der Waals surface area contributed by atoms with Gasteiger partial charge in [-0.2, -0.15) is 5.10 Å². The first-order valence-corrected chi connectivity index (χ1v) is 15.1. The fourth-order valence-corrected chi connectivity index (χ4v) is 6.37. The maximum Gasteiger partial charge on any atom is 0.258 e. The van der Waals surface area contributed by atoms with Crippen molar-refractivity contribution in [3.05, 3.63) is 72.0 Å². The van der Waals surface area contributed by atoms with Crippen molar-refractivity contribution in [1.82, 2.24) is 15.1 Å². The van der Waals surface area contributed by atoms with Crippen LogP contribution in [0.3, 0.4) is 0 Å². The normalized spacial score (nSPS) is 14.7. The zero-order chi connectivity index (χ0) is 30.1. The summed E-state index contributed by atoms with van der Waals surface area (Å²) < 4.78 is 45.6. The Morgan fingerprint density at radius 3 is 2.50 bits per heavy atom. The lowest BCUT2D eigenvalue weighted by Gasteiger charge is -2.35. The Kier molecular flexibility index (Phi) is 8.22. The minimum Gasteiger partial charge on any atom is -0.382 e. The van der Waals surface area contributed by atoms with Crippen LogP contribution in [-0.4, -0.2) is 81.9 Å². The highest BCUT2D eigenvalue weighted by Gasteiger charge is 2.25.